The number of terminal acetylenes is 1. The van der Waals surface area contributed by atoms with Crippen LogP contribution in [0.5, 0.6) is 0 Å². The van der Waals surface area contributed by atoms with Gasteiger partial charge in [0, 0.05) is 6.04 Å². The predicted molar refractivity (Wildman–Crippen MR) is 45.1 cm³/mol. The maximum Gasteiger partial charge on any atom is 0.311 e. The van der Waals surface area contributed by atoms with Gasteiger partial charge in [0.15, 0.2) is 6.61 Å². The first kappa shape index (κ1) is 9.08. The zero-order valence-corrected chi connectivity index (χ0v) is 6.95. The Labute approximate surface area is 72.3 Å². The van der Waals surface area contributed by atoms with Crippen molar-refractivity contribution in [2.45, 2.75) is 25.3 Å². The smallest absolute Gasteiger partial charge is 0.311 e. The average Bonchev–Trinajstić information content (AvgIpc) is 2.47. The number of carbonyl (C=O) groups is 1. The summed E-state index contributed by atoms with van der Waals surface area (Å²) in [6, 6.07) is -0.0322. The SMILES string of the molecule is C#CCOC(=O)[C@H]1CCC[C@H]1N. The van der Waals surface area contributed by atoms with E-state index in [9.17, 15) is 4.79 Å². The summed E-state index contributed by atoms with van der Waals surface area (Å²) in [4.78, 5) is 11.2. The van der Waals surface area contributed by atoms with Crippen LogP contribution < -0.4 is 5.73 Å². The lowest BCUT2D eigenvalue weighted by Gasteiger charge is -2.12. The molecule has 66 valence electrons. The third-order valence-electron chi connectivity index (χ3n) is 2.17. The largest absolute Gasteiger partial charge is 0.452 e. The molecule has 0 heterocycles. The van der Waals surface area contributed by atoms with Crippen molar-refractivity contribution in [2.75, 3.05) is 6.61 Å². The monoisotopic (exact) mass is 167 g/mol. The molecule has 0 aromatic carbocycles. The molecule has 0 spiro atoms. The Bertz CT molecular complexity index is 207. The summed E-state index contributed by atoms with van der Waals surface area (Å²) in [5, 5.41) is 0. The van der Waals surface area contributed by atoms with Gasteiger partial charge in [0.2, 0.25) is 0 Å². The van der Waals surface area contributed by atoms with E-state index in [1.807, 2.05) is 0 Å². The molecule has 3 heteroatoms. The maximum absolute atomic E-state index is 11.2. The number of carbonyl (C=O) groups excluding carboxylic acids is 1. The van der Waals surface area contributed by atoms with Gasteiger partial charge in [-0.1, -0.05) is 12.3 Å². The summed E-state index contributed by atoms with van der Waals surface area (Å²) in [7, 11) is 0. The molecule has 0 aliphatic heterocycles. The van der Waals surface area contributed by atoms with Gasteiger partial charge in [-0.05, 0) is 12.8 Å². The zero-order valence-electron chi connectivity index (χ0n) is 6.95. The minimum absolute atomic E-state index is 0.0322. The van der Waals surface area contributed by atoms with Gasteiger partial charge < -0.3 is 10.5 Å². The standard InChI is InChI=1S/C9H13NO2/c1-2-6-12-9(11)7-4-3-5-8(7)10/h1,7-8H,3-6,10H2/t7-,8+/m0/s1. The molecule has 0 aromatic heterocycles. The molecule has 0 saturated heterocycles. The van der Waals surface area contributed by atoms with E-state index < -0.39 is 0 Å². The fraction of sp³-hybridized carbons (Fsp3) is 0.667. The van der Waals surface area contributed by atoms with Gasteiger partial charge in [-0.25, -0.2) is 0 Å². The molecule has 1 rings (SSSR count). The highest BCUT2D eigenvalue weighted by molar-refractivity contribution is 5.73. The molecule has 2 N–H and O–H groups in total. The summed E-state index contributed by atoms with van der Waals surface area (Å²) < 4.78 is 4.79. The van der Waals surface area contributed by atoms with Crippen molar-refractivity contribution in [1.29, 1.82) is 0 Å². The molecule has 0 amide bonds. The summed E-state index contributed by atoms with van der Waals surface area (Å²) >= 11 is 0. The molecule has 0 aromatic rings. The Morgan fingerprint density at radius 2 is 2.42 bits per heavy atom. The predicted octanol–water partition coefficient (Wildman–Crippen LogP) is 0.290. The van der Waals surface area contributed by atoms with E-state index in [0.29, 0.717) is 0 Å². The van der Waals surface area contributed by atoms with Crippen LogP contribution in [-0.4, -0.2) is 18.6 Å². The molecule has 1 saturated carbocycles. The van der Waals surface area contributed by atoms with Gasteiger partial charge in [-0.15, -0.1) is 6.42 Å². The van der Waals surface area contributed by atoms with Crippen LogP contribution in [0.25, 0.3) is 0 Å². The van der Waals surface area contributed by atoms with Gasteiger partial charge in [-0.3, -0.25) is 4.79 Å². The van der Waals surface area contributed by atoms with Crippen molar-refractivity contribution in [2.24, 2.45) is 11.7 Å². The lowest BCUT2D eigenvalue weighted by Crippen LogP contribution is -2.31. The van der Waals surface area contributed by atoms with Crippen molar-refractivity contribution in [3.8, 4) is 12.3 Å². The first-order valence-corrected chi connectivity index (χ1v) is 4.11. The van der Waals surface area contributed by atoms with E-state index >= 15 is 0 Å². The Morgan fingerprint density at radius 3 is 2.92 bits per heavy atom. The van der Waals surface area contributed by atoms with E-state index in [1.165, 1.54) is 0 Å². The zero-order chi connectivity index (χ0) is 8.97. The van der Waals surface area contributed by atoms with Crippen LogP contribution >= 0.6 is 0 Å². The molecule has 0 unspecified atom stereocenters. The fourth-order valence-corrected chi connectivity index (χ4v) is 1.50. The van der Waals surface area contributed by atoms with Crippen LogP contribution in [0.15, 0.2) is 0 Å². The molecular weight excluding hydrogens is 154 g/mol. The van der Waals surface area contributed by atoms with Crippen LogP contribution in [-0.2, 0) is 9.53 Å². The van der Waals surface area contributed by atoms with E-state index in [4.69, 9.17) is 16.9 Å². The van der Waals surface area contributed by atoms with Crippen LogP contribution in [0.4, 0.5) is 0 Å². The molecule has 0 bridgehead atoms. The van der Waals surface area contributed by atoms with E-state index in [-0.39, 0.29) is 24.5 Å². The van der Waals surface area contributed by atoms with Crippen LogP contribution in [0.2, 0.25) is 0 Å². The van der Waals surface area contributed by atoms with Gasteiger partial charge in [-0.2, -0.15) is 0 Å². The Hall–Kier alpha value is -1.01. The number of rotatable bonds is 2. The summed E-state index contributed by atoms with van der Waals surface area (Å²) in [6.07, 6.45) is 7.71. The second kappa shape index (κ2) is 4.13. The molecular formula is C9H13NO2. The topological polar surface area (TPSA) is 52.3 Å². The molecule has 3 nitrogen and oxygen atoms in total. The third-order valence-corrected chi connectivity index (χ3v) is 2.17. The highest BCUT2D eigenvalue weighted by Gasteiger charge is 2.31. The number of hydrogen-bond donors (Lipinski definition) is 1. The lowest BCUT2D eigenvalue weighted by molar-refractivity contribution is -0.147. The van der Waals surface area contributed by atoms with Gasteiger partial charge >= 0.3 is 5.97 Å². The summed E-state index contributed by atoms with van der Waals surface area (Å²) in [6.45, 7) is 0.0576. The minimum atomic E-state index is -0.238. The van der Waals surface area contributed by atoms with Gasteiger partial charge in [0.1, 0.15) is 0 Å². The van der Waals surface area contributed by atoms with Crippen molar-refractivity contribution in [3.05, 3.63) is 0 Å². The van der Waals surface area contributed by atoms with E-state index in [2.05, 4.69) is 5.92 Å². The highest BCUT2D eigenvalue weighted by Crippen LogP contribution is 2.24. The number of ether oxygens (including phenoxy) is 1. The quantitative estimate of drug-likeness (QED) is 0.475. The van der Waals surface area contributed by atoms with Crippen LogP contribution in [0, 0.1) is 18.3 Å². The molecule has 12 heavy (non-hydrogen) atoms. The Kier molecular flexibility index (Phi) is 3.12. The number of esters is 1. The number of hydrogen-bond acceptors (Lipinski definition) is 3. The van der Waals surface area contributed by atoms with Crippen molar-refractivity contribution in [1.82, 2.24) is 0 Å². The first-order valence-electron chi connectivity index (χ1n) is 4.11. The van der Waals surface area contributed by atoms with Gasteiger partial charge in [0.25, 0.3) is 0 Å². The molecule has 1 aliphatic rings. The fourth-order valence-electron chi connectivity index (χ4n) is 1.50. The number of nitrogens with two attached hydrogens (primary N) is 1. The molecule has 1 fully saturated rings. The van der Waals surface area contributed by atoms with Crippen molar-refractivity contribution >= 4 is 5.97 Å². The maximum atomic E-state index is 11.2. The molecule has 1 aliphatic carbocycles. The van der Waals surface area contributed by atoms with Crippen LogP contribution in [0.3, 0.4) is 0 Å². The Morgan fingerprint density at radius 1 is 1.67 bits per heavy atom. The lowest BCUT2D eigenvalue weighted by atomic mass is 10.1. The highest BCUT2D eigenvalue weighted by atomic mass is 16.5. The van der Waals surface area contributed by atoms with E-state index in [0.717, 1.165) is 19.3 Å². The molecule has 2 atom stereocenters. The first-order chi connectivity index (χ1) is 5.75. The van der Waals surface area contributed by atoms with Crippen molar-refractivity contribution in [3.63, 3.8) is 0 Å². The normalized spacial score (nSPS) is 28.0. The second-order valence-corrected chi connectivity index (χ2v) is 3.01. The van der Waals surface area contributed by atoms with Crippen LogP contribution in [0.1, 0.15) is 19.3 Å². The average molecular weight is 167 g/mol. The second-order valence-electron chi connectivity index (χ2n) is 3.01. The third kappa shape index (κ3) is 1.99. The molecule has 0 radical (unpaired) electrons. The van der Waals surface area contributed by atoms with E-state index in [1.54, 1.807) is 0 Å². The summed E-state index contributed by atoms with van der Waals surface area (Å²) in [5.74, 6) is 1.89. The minimum Gasteiger partial charge on any atom is -0.452 e. The van der Waals surface area contributed by atoms with Gasteiger partial charge in [0.05, 0.1) is 5.92 Å². The van der Waals surface area contributed by atoms with Crippen molar-refractivity contribution < 1.29 is 9.53 Å². The summed E-state index contributed by atoms with van der Waals surface area (Å²) in [5.41, 5.74) is 5.70. The Balaban J connectivity index is 2.37.